The first-order valence-corrected chi connectivity index (χ1v) is 5.44. The van der Waals surface area contributed by atoms with E-state index in [4.69, 9.17) is 11.6 Å². The van der Waals surface area contributed by atoms with Crippen LogP contribution in [0, 0.1) is 0 Å². The lowest BCUT2D eigenvalue weighted by Crippen LogP contribution is -2.43. The third kappa shape index (κ3) is 6.12. The Kier molecular flexibility index (Phi) is 7.72. The van der Waals surface area contributed by atoms with E-state index < -0.39 is 0 Å². The lowest BCUT2D eigenvalue weighted by atomic mass is 10.4. The van der Waals surface area contributed by atoms with Crippen molar-refractivity contribution in [2.75, 3.05) is 19.0 Å². The zero-order valence-corrected chi connectivity index (χ0v) is 9.72. The molecule has 86 valence electrons. The predicted molar refractivity (Wildman–Crippen MR) is 60.9 cm³/mol. The predicted octanol–water partition coefficient (Wildman–Crippen LogP) is 1.75. The molecule has 5 heteroatoms. The summed E-state index contributed by atoms with van der Waals surface area (Å²) in [4.78, 5) is 24.1. The number of carbonyl (C=O) groups excluding carboxylic acids is 2. The summed E-state index contributed by atoms with van der Waals surface area (Å²) < 4.78 is 0. The van der Waals surface area contributed by atoms with Gasteiger partial charge in [-0.15, -0.1) is 18.2 Å². The standard InChI is InChI=1S/C10H17ClN2O2/c1-3-7-13(8-4-2)10(15)12-9(14)5-6-11/h3H,1,4-8H2,2H3,(H,12,14,15). The minimum absolute atomic E-state index is 0.154. The molecule has 0 fully saturated rings. The second-order valence-electron chi connectivity index (χ2n) is 3.03. The Balaban J connectivity index is 4.11. The Morgan fingerprint density at radius 1 is 1.53 bits per heavy atom. The molecule has 0 bridgehead atoms. The summed E-state index contributed by atoms with van der Waals surface area (Å²) in [5.41, 5.74) is 0. The van der Waals surface area contributed by atoms with Gasteiger partial charge in [-0.25, -0.2) is 4.79 Å². The number of halogens is 1. The highest BCUT2D eigenvalue weighted by molar-refractivity contribution is 6.19. The molecule has 0 saturated heterocycles. The van der Waals surface area contributed by atoms with Gasteiger partial charge in [0.25, 0.3) is 0 Å². The maximum atomic E-state index is 11.5. The number of urea groups is 1. The Hall–Kier alpha value is -1.03. The van der Waals surface area contributed by atoms with Crippen molar-refractivity contribution in [1.29, 1.82) is 0 Å². The number of nitrogens with zero attached hydrogens (tertiary/aromatic N) is 1. The molecular weight excluding hydrogens is 216 g/mol. The maximum absolute atomic E-state index is 11.5. The highest BCUT2D eigenvalue weighted by Gasteiger charge is 2.13. The van der Waals surface area contributed by atoms with Crippen molar-refractivity contribution in [2.24, 2.45) is 0 Å². The van der Waals surface area contributed by atoms with E-state index in [1.807, 2.05) is 6.92 Å². The molecule has 15 heavy (non-hydrogen) atoms. The number of hydrogen-bond acceptors (Lipinski definition) is 2. The van der Waals surface area contributed by atoms with Crippen molar-refractivity contribution in [2.45, 2.75) is 19.8 Å². The number of nitrogens with one attached hydrogen (secondary N) is 1. The van der Waals surface area contributed by atoms with Gasteiger partial charge in [0.1, 0.15) is 0 Å². The van der Waals surface area contributed by atoms with Gasteiger partial charge in [-0.1, -0.05) is 13.0 Å². The van der Waals surface area contributed by atoms with Crippen molar-refractivity contribution >= 4 is 23.5 Å². The summed E-state index contributed by atoms with van der Waals surface area (Å²) in [7, 11) is 0. The van der Waals surface area contributed by atoms with E-state index in [0.717, 1.165) is 6.42 Å². The quantitative estimate of drug-likeness (QED) is 0.560. The van der Waals surface area contributed by atoms with Crippen LogP contribution >= 0.6 is 11.6 Å². The van der Waals surface area contributed by atoms with Crippen LogP contribution in [0.2, 0.25) is 0 Å². The van der Waals surface area contributed by atoms with Crippen LogP contribution in [-0.2, 0) is 4.79 Å². The van der Waals surface area contributed by atoms with Gasteiger partial charge in [-0.05, 0) is 6.42 Å². The minimum Gasteiger partial charge on any atom is -0.321 e. The van der Waals surface area contributed by atoms with E-state index in [9.17, 15) is 9.59 Å². The Morgan fingerprint density at radius 3 is 2.67 bits per heavy atom. The fourth-order valence-corrected chi connectivity index (χ4v) is 1.22. The van der Waals surface area contributed by atoms with Crippen LogP contribution < -0.4 is 5.32 Å². The van der Waals surface area contributed by atoms with Crippen molar-refractivity contribution in [3.05, 3.63) is 12.7 Å². The Bertz CT molecular complexity index is 231. The van der Waals surface area contributed by atoms with E-state index in [2.05, 4.69) is 11.9 Å². The van der Waals surface area contributed by atoms with Crippen LogP contribution in [-0.4, -0.2) is 35.8 Å². The molecule has 3 amide bonds. The van der Waals surface area contributed by atoms with Crippen molar-refractivity contribution in [1.82, 2.24) is 10.2 Å². The monoisotopic (exact) mass is 232 g/mol. The molecular formula is C10H17ClN2O2. The molecule has 0 aliphatic carbocycles. The molecule has 0 aromatic rings. The van der Waals surface area contributed by atoms with E-state index in [1.54, 1.807) is 6.08 Å². The fourth-order valence-electron chi connectivity index (χ4n) is 1.05. The second-order valence-corrected chi connectivity index (χ2v) is 3.40. The summed E-state index contributed by atoms with van der Waals surface area (Å²) in [5.74, 6) is -0.130. The van der Waals surface area contributed by atoms with Gasteiger partial charge in [-0.2, -0.15) is 0 Å². The summed E-state index contributed by atoms with van der Waals surface area (Å²) in [6.45, 7) is 6.56. The molecule has 0 spiro atoms. The van der Waals surface area contributed by atoms with E-state index in [0.29, 0.717) is 13.1 Å². The van der Waals surface area contributed by atoms with Crippen LogP contribution in [0.3, 0.4) is 0 Å². The number of amides is 3. The fraction of sp³-hybridized carbons (Fsp3) is 0.600. The van der Waals surface area contributed by atoms with Crippen molar-refractivity contribution in [3.63, 3.8) is 0 Å². The topological polar surface area (TPSA) is 49.4 Å². The smallest absolute Gasteiger partial charge is 0.321 e. The van der Waals surface area contributed by atoms with Crippen LogP contribution in [0.25, 0.3) is 0 Å². The van der Waals surface area contributed by atoms with Crippen molar-refractivity contribution in [3.8, 4) is 0 Å². The highest BCUT2D eigenvalue weighted by Crippen LogP contribution is 1.94. The Morgan fingerprint density at radius 2 is 2.20 bits per heavy atom. The molecule has 0 rings (SSSR count). The molecule has 0 aliphatic heterocycles. The van der Waals surface area contributed by atoms with Gasteiger partial charge < -0.3 is 4.90 Å². The van der Waals surface area contributed by atoms with Crippen molar-refractivity contribution < 1.29 is 9.59 Å². The van der Waals surface area contributed by atoms with E-state index in [-0.39, 0.29) is 24.2 Å². The zero-order chi connectivity index (χ0) is 11.7. The van der Waals surface area contributed by atoms with Crippen LogP contribution in [0.5, 0.6) is 0 Å². The van der Waals surface area contributed by atoms with Crippen LogP contribution in [0.15, 0.2) is 12.7 Å². The first-order chi connectivity index (χ1) is 7.15. The maximum Gasteiger partial charge on any atom is 0.324 e. The molecule has 0 aromatic heterocycles. The minimum atomic E-state index is -0.383. The van der Waals surface area contributed by atoms with E-state index in [1.165, 1.54) is 4.90 Å². The summed E-state index contributed by atoms with van der Waals surface area (Å²) in [6.07, 6.45) is 2.62. The molecule has 0 aromatic carbocycles. The second kappa shape index (κ2) is 8.29. The molecule has 0 heterocycles. The average molecular weight is 233 g/mol. The SMILES string of the molecule is C=CCN(CCC)C(=O)NC(=O)CCCl. The van der Waals surface area contributed by atoms with Crippen LogP contribution in [0.1, 0.15) is 19.8 Å². The first kappa shape index (κ1) is 14.0. The highest BCUT2D eigenvalue weighted by atomic mass is 35.5. The van der Waals surface area contributed by atoms with Gasteiger partial charge in [0, 0.05) is 25.4 Å². The molecule has 0 saturated carbocycles. The Labute approximate surface area is 95.3 Å². The third-order valence-electron chi connectivity index (χ3n) is 1.70. The molecule has 0 radical (unpaired) electrons. The largest absolute Gasteiger partial charge is 0.324 e. The van der Waals surface area contributed by atoms with Gasteiger partial charge in [0.2, 0.25) is 5.91 Å². The number of hydrogen-bond donors (Lipinski definition) is 1. The molecule has 0 unspecified atom stereocenters. The summed E-state index contributed by atoms with van der Waals surface area (Å²) in [6, 6.07) is -0.383. The van der Waals surface area contributed by atoms with E-state index >= 15 is 0 Å². The number of rotatable bonds is 6. The van der Waals surface area contributed by atoms with Crippen LogP contribution in [0.4, 0.5) is 4.79 Å². The lowest BCUT2D eigenvalue weighted by Gasteiger charge is -2.20. The van der Waals surface area contributed by atoms with Gasteiger partial charge in [-0.3, -0.25) is 10.1 Å². The number of carbonyl (C=O) groups is 2. The molecule has 0 aliphatic rings. The number of imide groups is 1. The summed E-state index contributed by atoms with van der Waals surface area (Å²) >= 11 is 5.38. The average Bonchev–Trinajstić information content (AvgIpc) is 2.17. The number of alkyl halides is 1. The summed E-state index contributed by atoms with van der Waals surface area (Å²) in [5, 5.41) is 2.27. The third-order valence-corrected chi connectivity index (χ3v) is 1.89. The molecule has 4 nitrogen and oxygen atoms in total. The first-order valence-electron chi connectivity index (χ1n) is 4.91. The lowest BCUT2D eigenvalue weighted by molar-refractivity contribution is -0.119. The molecule has 0 atom stereocenters. The normalized spacial score (nSPS) is 9.47. The zero-order valence-electron chi connectivity index (χ0n) is 8.96. The molecule has 1 N–H and O–H groups in total. The van der Waals surface area contributed by atoms with Gasteiger partial charge in [0.15, 0.2) is 0 Å². The van der Waals surface area contributed by atoms with Gasteiger partial charge >= 0.3 is 6.03 Å². The van der Waals surface area contributed by atoms with Gasteiger partial charge in [0.05, 0.1) is 0 Å².